The largest absolute Gasteiger partial charge is 1.00 e. The first-order chi connectivity index (χ1) is 4.77. The zero-order chi connectivity index (χ0) is 7.14. The fourth-order valence-corrected chi connectivity index (χ4v) is 1.62. The molecule has 2 fully saturated rings. The van der Waals surface area contributed by atoms with Crippen molar-refractivity contribution in [3.63, 3.8) is 0 Å². The van der Waals surface area contributed by atoms with Gasteiger partial charge in [0.15, 0.2) is 0 Å². The molecule has 0 radical (unpaired) electrons. The molecule has 3 nitrogen and oxygen atoms in total. The Bertz CT molecular complexity index is 171. The van der Waals surface area contributed by atoms with E-state index in [0.717, 1.165) is 12.8 Å². The monoisotopic (exact) mass is 164 g/mol. The zero-order valence-corrected chi connectivity index (χ0v) is 8.58. The van der Waals surface area contributed by atoms with E-state index in [1.165, 1.54) is 0 Å². The number of aliphatic carboxylic acids is 1. The molecule has 1 saturated heterocycles. The number of fused-ring (bicyclic) bond motifs is 1. The molecule has 3 atom stereocenters. The molecule has 1 heterocycles. The molecule has 0 spiro atoms. The van der Waals surface area contributed by atoms with E-state index >= 15 is 0 Å². The van der Waals surface area contributed by atoms with Gasteiger partial charge in [0.2, 0.25) is 0 Å². The van der Waals surface area contributed by atoms with Gasteiger partial charge in [-0.3, -0.25) is 0 Å². The van der Waals surface area contributed by atoms with E-state index in [-0.39, 0.29) is 41.6 Å². The van der Waals surface area contributed by atoms with Crippen molar-refractivity contribution < 1.29 is 44.2 Å². The van der Waals surface area contributed by atoms with Crippen molar-refractivity contribution >= 4 is 5.97 Å². The molecule has 0 N–H and O–H groups in total. The van der Waals surface area contributed by atoms with Crippen molar-refractivity contribution in [1.29, 1.82) is 0 Å². The third-order valence-electron chi connectivity index (χ3n) is 2.34. The topological polar surface area (TPSA) is 52.7 Å². The van der Waals surface area contributed by atoms with Crippen molar-refractivity contribution in [1.82, 2.24) is 0 Å². The zero-order valence-electron chi connectivity index (χ0n) is 6.58. The smallest absolute Gasteiger partial charge is 0.550 e. The predicted octanol–water partition coefficient (Wildman–Crippen LogP) is -3.69. The molecule has 0 aromatic carbocycles. The van der Waals surface area contributed by atoms with Crippen LogP contribution in [-0.2, 0) is 9.53 Å². The van der Waals surface area contributed by atoms with Crippen LogP contribution >= 0.6 is 0 Å². The summed E-state index contributed by atoms with van der Waals surface area (Å²) in [7, 11) is 0. The molecule has 1 aliphatic carbocycles. The van der Waals surface area contributed by atoms with Crippen molar-refractivity contribution in [3.8, 4) is 0 Å². The second-order valence-corrected chi connectivity index (χ2v) is 3.04. The maximum atomic E-state index is 10.4. The SMILES string of the molecule is O=C([O-])C1CCC2OC2C1.[Na+]. The van der Waals surface area contributed by atoms with Gasteiger partial charge in [0.05, 0.1) is 12.2 Å². The van der Waals surface area contributed by atoms with E-state index in [1.54, 1.807) is 0 Å². The van der Waals surface area contributed by atoms with E-state index in [2.05, 4.69) is 0 Å². The van der Waals surface area contributed by atoms with E-state index < -0.39 is 5.97 Å². The first-order valence-electron chi connectivity index (χ1n) is 3.63. The molecule has 2 aliphatic rings. The summed E-state index contributed by atoms with van der Waals surface area (Å²) in [4.78, 5) is 10.4. The van der Waals surface area contributed by atoms with Gasteiger partial charge in [0.1, 0.15) is 0 Å². The number of carboxylic acids is 1. The molecule has 11 heavy (non-hydrogen) atoms. The van der Waals surface area contributed by atoms with Crippen LogP contribution in [0.1, 0.15) is 19.3 Å². The Labute approximate surface area is 87.4 Å². The Morgan fingerprint density at radius 2 is 2.09 bits per heavy atom. The van der Waals surface area contributed by atoms with Gasteiger partial charge in [-0.1, -0.05) is 0 Å². The van der Waals surface area contributed by atoms with Gasteiger partial charge in [-0.25, -0.2) is 0 Å². The maximum Gasteiger partial charge on any atom is 1.00 e. The number of epoxide rings is 1. The summed E-state index contributed by atoms with van der Waals surface area (Å²) in [5, 5.41) is 10.4. The van der Waals surface area contributed by atoms with Crippen molar-refractivity contribution in [2.75, 3.05) is 0 Å². The maximum absolute atomic E-state index is 10.4. The van der Waals surface area contributed by atoms with Gasteiger partial charge in [-0.05, 0) is 19.3 Å². The third kappa shape index (κ3) is 1.96. The average Bonchev–Trinajstić information content (AvgIpc) is 2.63. The minimum atomic E-state index is -0.908. The van der Waals surface area contributed by atoms with Crippen LogP contribution in [0.25, 0.3) is 0 Å². The van der Waals surface area contributed by atoms with Crippen LogP contribution in [0.5, 0.6) is 0 Å². The third-order valence-corrected chi connectivity index (χ3v) is 2.34. The Balaban J connectivity index is 0.000000605. The summed E-state index contributed by atoms with van der Waals surface area (Å²) >= 11 is 0. The standard InChI is InChI=1S/C7H10O3.Na/c8-7(9)4-1-2-5-6(3-4)10-5;/h4-6H,1-3H2,(H,8,9);/q;+1/p-1. The van der Waals surface area contributed by atoms with E-state index in [0.29, 0.717) is 12.5 Å². The van der Waals surface area contributed by atoms with Crippen molar-refractivity contribution in [2.24, 2.45) is 5.92 Å². The molecule has 1 aliphatic heterocycles. The second-order valence-electron chi connectivity index (χ2n) is 3.04. The van der Waals surface area contributed by atoms with Gasteiger partial charge in [-0.15, -0.1) is 0 Å². The molecule has 2 rings (SSSR count). The van der Waals surface area contributed by atoms with E-state index in [9.17, 15) is 9.90 Å². The normalized spacial score (nSPS) is 40.2. The Morgan fingerprint density at radius 3 is 2.64 bits per heavy atom. The van der Waals surface area contributed by atoms with E-state index in [1.807, 2.05) is 0 Å². The predicted molar refractivity (Wildman–Crippen MR) is 31.0 cm³/mol. The first kappa shape index (κ1) is 9.52. The van der Waals surface area contributed by atoms with Crippen LogP contribution in [0.2, 0.25) is 0 Å². The van der Waals surface area contributed by atoms with Gasteiger partial charge in [0.25, 0.3) is 0 Å². The molecule has 4 heteroatoms. The minimum Gasteiger partial charge on any atom is -0.550 e. The second kappa shape index (κ2) is 3.44. The van der Waals surface area contributed by atoms with E-state index in [4.69, 9.17) is 4.74 Å². The van der Waals surface area contributed by atoms with Crippen molar-refractivity contribution in [3.05, 3.63) is 0 Å². The number of hydrogen-bond acceptors (Lipinski definition) is 3. The average molecular weight is 164 g/mol. The molecular weight excluding hydrogens is 155 g/mol. The summed E-state index contributed by atoms with van der Waals surface area (Å²) in [6.07, 6.45) is 2.95. The number of carboxylic acid groups (broad SMARTS) is 1. The van der Waals surface area contributed by atoms with Gasteiger partial charge in [-0.2, -0.15) is 0 Å². The molecule has 1 saturated carbocycles. The number of ether oxygens (including phenoxy) is 1. The van der Waals surface area contributed by atoms with Crippen molar-refractivity contribution in [2.45, 2.75) is 31.5 Å². The molecule has 0 aromatic heterocycles. The first-order valence-corrected chi connectivity index (χ1v) is 3.63. The summed E-state index contributed by atoms with van der Waals surface area (Å²) in [5.74, 6) is -1.15. The molecule has 0 bridgehead atoms. The quantitative estimate of drug-likeness (QED) is 0.296. The van der Waals surface area contributed by atoms with Crippen LogP contribution in [0.15, 0.2) is 0 Å². The molecule has 0 amide bonds. The molecule has 3 unspecified atom stereocenters. The van der Waals surface area contributed by atoms with Crippen LogP contribution in [-0.4, -0.2) is 18.2 Å². The van der Waals surface area contributed by atoms with Crippen LogP contribution in [0.3, 0.4) is 0 Å². The summed E-state index contributed by atoms with van der Waals surface area (Å²) < 4.78 is 5.17. The summed E-state index contributed by atoms with van der Waals surface area (Å²) in [6, 6.07) is 0. The fraction of sp³-hybridized carbons (Fsp3) is 0.857. The van der Waals surface area contributed by atoms with Gasteiger partial charge in [0, 0.05) is 11.9 Å². The molecular formula is C7H9NaO3. The number of hydrogen-bond donors (Lipinski definition) is 0. The van der Waals surface area contributed by atoms with Crippen LogP contribution < -0.4 is 34.7 Å². The summed E-state index contributed by atoms with van der Waals surface area (Å²) in [6.45, 7) is 0. The van der Waals surface area contributed by atoms with Crippen LogP contribution in [0, 0.1) is 5.92 Å². The van der Waals surface area contributed by atoms with Crippen LogP contribution in [0.4, 0.5) is 0 Å². The number of carbonyl (C=O) groups is 1. The molecule has 0 aromatic rings. The number of carbonyl (C=O) groups excluding carboxylic acids is 1. The van der Waals surface area contributed by atoms with Gasteiger partial charge >= 0.3 is 29.6 Å². The number of rotatable bonds is 1. The minimum absolute atomic E-state index is 0. The Morgan fingerprint density at radius 1 is 1.36 bits per heavy atom. The molecule has 56 valence electrons. The Hall–Kier alpha value is 0.430. The summed E-state index contributed by atoms with van der Waals surface area (Å²) in [5.41, 5.74) is 0. The van der Waals surface area contributed by atoms with Gasteiger partial charge < -0.3 is 14.6 Å². The fourth-order valence-electron chi connectivity index (χ4n) is 1.62. The Kier molecular flexibility index (Phi) is 2.97.